The zero-order chi connectivity index (χ0) is 16.9. The van der Waals surface area contributed by atoms with Crippen molar-refractivity contribution in [1.82, 2.24) is 4.72 Å². The van der Waals surface area contributed by atoms with Gasteiger partial charge in [-0.2, -0.15) is 0 Å². The first-order chi connectivity index (χ1) is 10.9. The van der Waals surface area contributed by atoms with E-state index in [1.54, 1.807) is 48.5 Å². The van der Waals surface area contributed by atoms with Crippen LogP contribution in [0.5, 0.6) is 0 Å². The van der Waals surface area contributed by atoms with Crippen molar-refractivity contribution in [2.75, 3.05) is 0 Å². The molecule has 4 nitrogen and oxygen atoms in total. The normalized spacial score (nSPS) is 12.8. The van der Waals surface area contributed by atoms with Crippen molar-refractivity contribution in [1.29, 1.82) is 0 Å². The lowest BCUT2D eigenvalue weighted by molar-refractivity contribution is 0.0972. The van der Waals surface area contributed by atoms with Crippen LogP contribution in [0.2, 0.25) is 0 Å². The molecule has 0 heterocycles. The van der Waals surface area contributed by atoms with E-state index in [0.717, 1.165) is 5.56 Å². The van der Waals surface area contributed by atoms with Gasteiger partial charge in [0.15, 0.2) is 5.78 Å². The standard InChI is InChI=1S/C18H21NO3S/c1-3-16(13-18(20)15-7-5-4-6-8-15)19-23(21,22)17-11-9-14(2)10-12-17/h4-12,16,19H,3,13H2,1-2H3. The maximum Gasteiger partial charge on any atom is 0.240 e. The van der Waals surface area contributed by atoms with E-state index in [0.29, 0.717) is 12.0 Å². The number of carbonyl (C=O) groups excluding carboxylic acids is 1. The number of nitrogens with one attached hydrogen (secondary N) is 1. The molecular weight excluding hydrogens is 310 g/mol. The summed E-state index contributed by atoms with van der Waals surface area (Å²) in [5.74, 6) is -0.0657. The molecule has 122 valence electrons. The quantitative estimate of drug-likeness (QED) is 0.792. The molecule has 0 saturated heterocycles. The van der Waals surface area contributed by atoms with E-state index in [9.17, 15) is 13.2 Å². The third-order valence-electron chi connectivity index (χ3n) is 3.67. The molecule has 0 aliphatic carbocycles. The smallest absolute Gasteiger partial charge is 0.240 e. The maximum atomic E-state index is 12.4. The first kappa shape index (κ1) is 17.4. The summed E-state index contributed by atoms with van der Waals surface area (Å²) in [4.78, 5) is 12.5. The highest BCUT2D eigenvalue weighted by Gasteiger charge is 2.21. The monoisotopic (exact) mass is 331 g/mol. The van der Waals surface area contributed by atoms with Crippen LogP contribution in [0.1, 0.15) is 35.7 Å². The van der Waals surface area contributed by atoms with Crippen LogP contribution in [0.4, 0.5) is 0 Å². The fourth-order valence-corrected chi connectivity index (χ4v) is 3.56. The van der Waals surface area contributed by atoms with Crippen LogP contribution < -0.4 is 4.72 Å². The van der Waals surface area contributed by atoms with Gasteiger partial charge in [-0.25, -0.2) is 13.1 Å². The Balaban J connectivity index is 2.09. The minimum atomic E-state index is -3.62. The molecule has 2 aromatic rings. The molecular formula is C18H21NO3S. The van der Waals surface area contributed by atoms with Crippen molar-refractivity contribution in [2.45, 2.75) is 37.6 Å². The van der Waals surface area contributed by atoms with E-state index < -0.39 is 16.1 Å². The van der Waals surface area contributed by atoms with E-state index in [-0.39, 0.29) is 17.1 Å². The first-order valence-corrected chi connectivity index (χ1v) is 9.08. The van der Waals surface area contributed by atoms with Crippen molar-refractivity contribution in [3.05, 3.63) is 65.7 Å². The second-order valence-electron chi connectivity index (χ2n) is 5.53. The summed E-state index contributed by atoms with van der Waals surface area (Å²) in [5, 5.41) is 0. The highest BCUT2D eigenvalue weighted by Crippen LogP contribution is 2.14. The Bertz CT molecular complexity index is 753. The fraction of sp³-hybridized carbons (Fsp3) is 0.278. The minimum Gasteiger partial charge on any atom is -0.294 e. The van der Waals surface area contributed by atoms with Crippen LogP contribution in [0.15, 0.2) is 59.5 Å². The lowest BCUT2D eigenvalue weighted by atomic mass is 10.0. The predicted octanol–water partition coefficient (Wildman–Crippen LogP) is 3.32. The van der Waals surface area contributed by atoms with Gasteiger partial charge in [0.1, 0.15) is 0 Å². The number of sulfonamides is 1. The van der Waals surface area contributed by atoms with Gasteiger partial charge < -0.3 is 0 Å². The van der Waals surface area contributed by atoms with Crippen molar-refractivity contribution < 1.29 is 13.2 Å². The number of ketones is 1. The summed E-state index contributed by atoms with van der Waals surface area (Å²) in [5.41, 5.74) is 1.59. The van der Waals surface area contributed by atoms with Crippen LogP contribution >= 0.6 is 0 Å². The Hall–Kier alpha value is -1.98. The Labute approximate surface area is 137 Å². The second kappa shape index (κ2) is 7.53. The minimum absolute atomic E-state index is 0.0657. The largest absolute Gasteiger partial charge is 0.294 e. The molecule has 2 rings (SSSR count). The van der Waals surface area contributed by atoms with Crippen molar-refractivity contribution in [3.8, 4) is 0 Å². The Morgan fingerprint density at radius 1 is 1.04 bits per heavy atom. The van der Waals surface area contributed by atoms with E-state index in [2.05, 4.69) is 4.72 Å². The maximum absolute atomic E-state index is 12.4. The summed E-state index contributed by atoms with van der Waals surface area (Å²) in [7, 11) is -3.62. The molecule has 2 aromatic carbocycles. The third kappa shape index (κ3) is 4.74. The Kier molecular flexibility index (Phi) is 5.69. The molecule has 0 aromatic heterocycles. The molecule has 0 bridgehead atoms. The van der Waals surface area contributed by atoms with Crippen LogP contribution in [-0.4, -0.2) is 20.2 Å². The molecule has 1 unspecified atom stereocenters. The summed E-state index contributed by atoms with van der Waals surface area (Å²) in [6, 6.07) is 15.1. The van der Waals surface area contributed by atoms with Crippen LogP contribution in [0, 0.1) is 6.92 Å². The van der Waals surface area contributed by atoms with Gasteiger partial charge in [-0.1, -0.05) is 55.0 Å². The number of rotatable bonds is 7. The fourth-order valence-electron chi connectivity index (χ4n) is 2.24. The van der Waals surface area contributed by atoms with Gasteiger partial charge in [-0.15, -0.1) is 0 Å². The van der Waals surface area contributed by atoms with E-state index in [1.165, 1.54) is 0 Å². The molecule has 0 aliphatic rings. The Morgan fingerprint density at radius 2 is 1.65 bits per heavy atom. The number of hydrogen-bond acceptors (Lipinski definition) is 3. The topological polar surface area (TPSA) is 63.2 Å². The summed E-state index contributed by atoms with van der Waals surface area (Å²) in [6.07, 6.45) is 0.690. The second-order valence-corrected chi connectivity index (χ2v) is 7.25. The van der Waals surface area contributed by atoms with Crippen LogP contribution in [0.3, 0.4) is 0 Å². The molecule has 1 N–H and O–H groups in total. The predicted molar refractivity (Wildman–Crippen MR) is 91.0 cm³/mol. The zero-order valence-electron chi connectivity index (χ0n) is 13.3. The zero-order valence-corrected chi connectivity index (χ0v) is 14.1. The lowest BCUT2D eigenvalue weighted by Crippen LogP contribution is -2.36. The van der Waals surface area contributed by atoms with E-state index in [1.807, 2.05) is 19.9 Å². The molecule has 0 fully saturated rings. The summed E-state index contributed by atoms with van der Waals surface area (Å²) >= 11 is 0. The Morgan fingerprint density at radius 3 is 2.22 bits per heavy atom. The van der Waals surface area contributed by atoms with E-state index in [4.69, 9.17) is 0 Å². The van der Waals surface area contributed by atoms with Gasteiger partial charge >= 0.3 is 0 Å². The lowest BCUT2D eigenvalue weighted by Gasteiger charge is -2.16. The van der Waals surface area contributed by atoms with Crippen molar-refractivity contribution >= 4 is 15.8 Å². The summed E-state index contributed by atoms with van der Waals surface area (Å²) in [6.45, 7) is 3.76. The molecule has 0 saturated carbocycles. The summed E-state index contributed by atoms with van der Waals surface area (Å²) < 4.78 is 27.4. The van der Waals surface area contributed by atoms with Gasteiger partial charge in [0.2, 0.25) is 10.0 Å². The van der Waals surface area contributed by atoms with Gasteiger partial charge in [0.25, 0.3) is 0 Å². The van der Waals surface area contributed by atoms with Gasteiger partial charge in [-0.3, -0.25) is 4.79 Å². The van der Waals surface area contributed by atoms with Crippen molar-refractivity contribution in [2.24, 2.45) is 0 Å². The van der Waals surface area contributed by atoms with E-state index >= 15 is 0 Å². The molecule has 5 heteroatoms. The van der Waals surface area contributed by atoms with Gasteiger partial charge in [0, 0.05) is 18.0 Å². The van der Waals surface area contributed by atoms with Gasteiger partial charge in [0.05, 0.1) is 4.90 Å². The average Bonchev–Trinajstić information content (AvgIpc) is 2.55. The van der Waals surface area contributed by atoms with Crippen LogP contribution in [0.25, 0.3) is 0 Å². The highest BCUT2D eigenvalue weighted by molar-refractivity contribution is 7.89. The molecule has 1 atom stereocenters. The van der Waals surface area contributed by atoms with Crippen molar-refractivity contribution in [3.63, 3.8) is 0 Å². The highest BCUT2D eigenvalue weighted by atomic mass is 32.2. The molecule has 23 heavy (non-hydrogen) atoms. The molecule has 0 radical (unpaired) electrons. The number of benzene rings is 2. The third-order valence-corrected chi connectivity index (χ3v) is 5.21. The average molecular weight is 331 g/mol. The number of hydrogen-bond donors (Lipinski definition) is 1. The number of aryl methyl sites for hydroxylation is 1. The SMILES string of the molecule is CCC(CC(=O)c1ccccc1)NS(=O)(=O)c1ccc(C)cc1. The first-order valence-electron chi connectivity index (χ1n) is 7.59. The van der Waals surface area contributed by atoms with Crippen LogP contribution in [-0.2, 0) is 10.0 Å². The molecule has 0 aliphatic heterocycles. The molecule has 0 spiro atoms. The molecule has 0 amide bonds. The van der Waals surface area contributed by atoms with Gasteiger partial charge in [-0.05, 0) is 25.5 Å². The number of Topliss-reactive ketones (excluding diaryl/α,β-unsaturated/α-hetero) is 1. The number of carbonyl (C=O) groups is 1.